The first-order valence-electron chi connectivity index (χ1n) is 22.3. The molecule has 0 bridgehead atoms. The first-order chi connectivity index (χ1) is 27.2. The van der Waals surface area contributed by atoms with Crippen LogP contribution in [0.15, 0.2) is 12.2 Å². The maximum absolute atomic E-state index is 14.6. The minimum atomic E-state index is -1.38. The van der Waals surface area contributed by atoms with Gasteiger partial charge in [-0.1, -0.05) is 55.4 Å². The van der Waals surface area contributed by atoms with Crippen molar-refractivity contribution in [3.8, 4) is 0 Å². The Morgan fingerprint density at radius 3 is 2.22 bits per heavy atom. The highest BCUT2D eigenvalue weighted by atomic mass is 16.8. The van der Waals surface area contributed by atoms with Crippen molar-refractivity contribution < 1.29 is 58.1 Å². The molecule has 0 aromatic heterocycles. The summed E-state index contributed by atoms with van der Waals surface area (Å²) in [5, 5.41) is 37.1. The number of rotatable bonds is 14. The maximum atomic E-state index is 14.6. The van der Waals surface area contributed by atoms with Crippen molar-refractivity contribution in [2.24, 2.45) is 41.4 Å². The fourth-order valence-corrected chi connectivity index (χ4v) is 10.9. The summed E-state index contributed by atoms with van der Waals surface area (Å²) in [6.07, 6.45) is 5.46. The molecule has 4 N–H and O–H groups in total. The van der Waals surface area contributed by atoms with Gasteiger partial charge < -0.3 is 49.1 Å². The number of ether oxygens (including phenoxy) is 6. The summed E-state index contributed by atoms with van der Waals surface area (Å²) >= 11 is 0. The van der Waals surface area contributed by atoms with E-state index in [9.17, 15) is 29.7 Å². The van der Waals surface area contributed by atoms with Crippen molar-refractivity contribution >= 4 is 17.7 Å². The van der Waals surface area contributed by atoms with E-state index in [0.717, 1.165) is 6.42 Å². The summed E-state index contributed by atoms with van der Waals surface area (Å²) in [5.41, 5.74) is -1.65. The van der Waals surface area contributed by atoms with Gasteiger partial charge in [0.05, 0.1) is 60.9 Å². The quantitative estimate of drug-likeness (QED) is 0.130. The van der Waals surface area contributed by atoms with Crippen LogP contribution in [0.3, 0.4) is 0 Å². The number of carbonyl (C=O) groups is 3. The third kappa shape index (κ3) is 9.13. The van der Waals surface area contributed by atoms with Gasteiger partial charge in [-0.15, -0.1) is 0 Å². The van der Waals surface area contributed by atoms with Crippen LogP contribution in [-0.4, -0.2) is 112 Å². The second kappa shape index (κ2) is 18.6. The number of ketones is 1. The summed E-state index contributed by atoms with van der Waals surface area (Å²) in [5.74, 6) is -5.71. The van der Waals surface area contributed by atoms with Gasteiger partial charge in [0.25, 0.3) is 0 Å². The Hall–Kier alpha value is -1.97. The fourth-order valence-electron chi connectivity index (χ4n) is 10.9. The number of Topliss-reactive ketones (excluding diaryl/α,β-unsaturated/α-hetero) is 1. The molecule has 13 nitrogen and oxygen atoms in total. The summed E-state index contributed by atoms with van der Waals surface area (Å²) < 4.78 is 38.4. The molecule has 332 valence electrons. The molecule has 13 heteroatoms. The predicted molar refractivity (Wildman–Crippen MR) is 216 cm³/mol. The monoisotopic (exact) mass is 822 g/mol. The number of methoxy groups -OCH3 is 1. The Morgan fingerprint density at radius 2 is 1.60 bits per heavy atom. The molecule has 0 aliphatic carbocycles. The molecule has 18 atom stereocenters. The average molecular weight is 822 g/mol. The third-order valence-electron chi connectivity index (χ3n) is 15.1. The van der Waals surface area contributed by atoms with E-state index in [1.165, 1.54) is 7.11 Å². The minimum Gasteiger partial charge on any atom is -0.468 e. The molecule has 0 aromatic carbocycles. The van der Waals surface area contributed by atoms with Crippen molar-refractivity contribution in [1.29, 1.82) is 0 Å². The fraction of sp³-hybridized carbons (Fsp3) is 0.889. The molecule has 0 aromatic rings. The van der Waals surface area contributed by atoms with Crippen LogP contribution in [0.5, 0.6) is 0 Å². The van der Waals surface area contributed by atoms with Crippen molar-refractivity contribution in [2.45, 2.75) is 199 Å². The highest BCUT2D eigenvalue weighted by Crippen LogP contribution is 2.54. The number of amides is 1. The van der Waals surface area contributed by atoms with Crippen LogP contribution in [0.25, 0.3) is 0 Å². The van der Waals surface area contributed by atoms with Crippen molar-refractivity contribution in [2.75, 3.05) is 13.7 Å². The van der Waals surface area contributed by atoms with E-state index >= 15 is 0 Å². The molecule has 4 saturated heterocycles. The molecule has 2 spiro atoms. The summed E-state index contributed by atoms with van der Waals surface area (Å²) in [4.78, 5) is 39.3. The first kappa shape index (κ1) is 47.1. The van der Waals surface area contributed by atoms with E-state index in [-0.39, 0.29) is 54.3 Å². The van der Waals surface area contributed by atoms with E-state index < -0.39 is 76.8 Å². The number of carbonyl (C=O) groups excluding carboxylic acids is 3. The molecule has 5 heterocycles. The van der Waals surface area contributed by atoms with E-state index in [2.05, 4.69) is 30.8 Å². The van der Waals surface area contributed by atoms with E-state index in [1.54, 1.807) is 19.1 Å². The Balaban J connectivity index is 1.28. The molecule has 58 heavy (non-hydrogen) atoms. The molecular weight excluding hydrogens is 746 g/mol. The smallest absolute Gasteiger partial charge is 0.325 e. The lowest BCUT2D eigenvalue weighted by Gasteiger charge is -2.54. The molecule has 5 aliphatic heterocycles. The van der Waals surface area contributed by atoms with Gasteiger partial charge in [0.1, 0.15) is 18.4 Å². The van der Waals surface area contributed by atoms with Crippen LogP contribution >= 0.6 is 0 Å². The van der Waals surface area contributed by atoms with Gasteiger partial charge in [0.2, 0.25) is 11.7 Å². The van der Waals surface area contributed by atoms with Crippen LogP contribution in [0.4, 0.5) is 0 Å². The van der Waals surface area contributed by atoms with Gasteiger partial charge in [-0.25, -0.2) is 0 Å². The number of hydrogen-bond donors (Lipinski definition) is 4. The number of esters is 1. The Bertz CT molecular complexity index is 1480. The van der Waals surface area contributed by atoms with Gasteiger partial charge in [-0.3, -0.25) is 14.4 Å². The van der Waals surface area contributed by atoms with Crippen LogP contribution in [0.2, 0.25) is 0 Å². The molecule has 1 amide bonds. The topological polar surface area (TPSA) is 179 Å². The number of aliphatic hydroxyl groups is 3. The zero-order valence-electron chi connectivity index (χ0n) is 37.0. The molecule has 4 fully saturated rings. The second-order valence-corrected chi connectivity index (χ2v) is 18.9. The van der Waals surface area contributed by atoms with Crippen LogP contribution < -0.4 is 5.32 Å². The average Bonchev–Trinajstić information content (AvgIpc) is 3.55. The Morgan fingerprint density at radius 1 is 0.914 bits per heavy atom. The zero-order valence-corrected chi connectivity index (χ0v) is 37.0. The molecule has 5 rings (SSSR count). The normalized spacial score (nSPS) is 43.0. The van der Waals surface area contributed by atoms with Crippen LogP contribution in [0.1, 0.15) is 133 Å². The molecule has 0 unspecified atom stereocenters. The second-order valence-electron chi connectivity index (χ2n) is 18.9. The molecule has 0 saturated carbocycles. The Kier molecular flexibility index (Phi) is 15.1. The molecule has 5 aliphatic rings. The predicted octanol–water partition coefficient (Wildman–Crippen LogP) is 5.39. The van der Waals surface area contributed by atoms with Crippen molar-refractivity contribution in [1.82, 2.24) is 5.32 Å². The summed E-state index contributed by atoms with van der Waals surface area (Å²) in [7, 11) is 1.27. The lowest BCUT2D eigenvalue weighted by atomic mass is 9.72. The largest absolute Gasteiger partial charge is 0.468 e. The number of aliphatic hydroxyl groups excluding tert-OH is 2. The summed E-state index contributed by atoms with van der Waals surface area (Å²) in [6.45, 7) is 19.5. The van der Waals surface area contributed by atoms with Gasteiger partial charge in [-0.05, 0) is 95.6 Å². The van der Waals surface area contributed by atoms with Gasteiger partial charge in [0, 0.05) is 30.1 Å². The van der Waals surface area contributed by atoms with Crippen molar-refractivity contribution in [3.63, 3.8) is 0 Å². The number of nitrogens with one attached hydrogen (secondary N) is 1. The lowest BCUT2D eigenvalue weighted by molar-refractivity contribution is -0.409. The van der Waals surface area contributed by atoms with Crippen molar-refractivity contribution in [3.05, 3.63) is 12.2 Å². The van der Waals surface area contributed by atoms with Gasteiger partial charge in [0.15, 0.2) is 5.79 Å². The van der Waals surface area contributed by atoms with E-state index in [4.69, 9.17) is 23.7 Å². The number of hydrogen-bond acceptors (Lipinski definition) is 12. The van der Waals surface area contributed by atoms with Crippen LogP contribution in [0, 0.1) is 41.4 Å². The highest BCUT2D eigenvalue weighted by molar-refractivity contribution is 5.84. The standard InChI is InChI=1S/C45H75NO12/c1-12-31(41(51)46-24-36(48)53-11)33-16-15-25(4)39(55-33)29(8)37(49)28(7)38(50)32(13-2)40-26(5)23-27(6)44(56-40)20-17-34(47)45(58-44)22-21-42(10,57-45)35-18-19-43(52,14-3)30(9)54-35/h17,20,25-35,37,39-40,47,49,52H,12-16,18-19,21-24H2,1-11H3,(H,46,51)/t25-,26-,27+,28-,29-,30-,31+,32-,33+,34+,35+,37+,39+,40-,42-,43+,44-,45-/m0/s1. The molecule has 0 radical (unpaired) electrons. The first-order valence-corrected chi connectivity index (χ1v) is 22.3. The zero-order chi connectivity index (χ0) is 43.0. The van der Waals surface area contributed by atoms with E-state index in [1.807, 2.05) is 41.5 Å². The minimum absolute atomic E-state index is 0.000872. The Labute approximate surface area is 346 Å². The van der Waals surface area contributed by atoms with Gasteiger partial charge >= 0.3 is 5.97 Å². The van der Waals surface area contributed by atoms with Gasteiger partial charge in [-0.2, -0.15) is 0 Å². The third-order valence-corrected chi connectivity index (χ3v) is 15.1. The highest BCUT2D eigenvalue weighted by Gasteiger charge is 2.63. The molecular formula is C45H75NO12. The lowest BCUT2D eigenvalue weighted by Crippen LogP contribution is -2.63. The summed E-state index contributed by atoms with van der Waals surface area (Å²) in [6, 6.07) is 0. The SMILES string of the molecule is CC[C@@H](C(=O)[C@@H](C)[C@@H](O)[C@H](C)[C@@H]1O[C@@H]([C@@H](CC)C(=O)NCC(=O)OC)CC[C@@H]1C)[C@H]1O[C@]2(C=C[C@@H](O)[C@]3(CC[C@@](C)([C@H]4CC[C@](O)(CC)[C@H](C)O4)O3)O2)[C@H](C)C[C@@H]1C. The maximum Gasteiger partial charge on any atom is 0.325 e. The van der Waals surface area contributed by atoms with E-state index in [0.29, 0.717) is 57.8 Å². The van der Waals surface area contributed by atoms with Crippen LogP contribution in [-0.2, 0) is 42.8 Å².